The van der Waals surface area contributed by atoms with Gasteiger partial charge in [-0.1, -0.05) is 0 Å². The fraction of sp³-hybridized carbons (Fsp3) is 1.00. The van der Waals surface area contributed by atoms with E-state index in [4.69, 9.17) is 23.7 Å². The molecule has 21 N–H and O–H groups in total. The van der Waals surface area contributed by atoms with Gasteiger partial charge >= 0.3 is 0 Å². The molecule has 0 saturated carbocycles. The molecule has 0 aromatic carbocycles. The molecule has 0 amide bonds. The fourth-order valence-electron chi connectivity index (χ4n) is 4.21. The number of aliphatic hydroxyl groups is 11. The Bertz CT molecular complexity index is 674. The van der Waals surface area contributed by atoms with Crippen molar-refractivity contribution in [3.05, 3.63) is 0 Å². The molecule has 0 spiro atoms. The first-order valence-corrected chi connectivity index (χ1v) is 11.0. The normalized spacial score (nSPS) is 44.6. The van der Waals surface area contributed by atoms with Crippen molar-refractivity contribution in [2.45, 2.75) is 85.3 Å². The Morgan fingerprint density at radius 3 is 1.43 bits per heavy atom. The summed E-state index contributed by atoms with van der Waals surface area (Å²) in [6.07, 6.45) is -20.7. The number of hydrogen-bond donors (Lipinski definition) is 11. The second kappa shape index (κ2) is 18.0. The first-order chi connectivity index (χ1) is 16.5. The average molecular weight is 609 g/mol. The highest BCUT2D eigenvalue weighted by Crippen LogP contribution is 2.33. The van der Waals surface area contributed by atoms with E-state index in [0.29, 0.717) is 0 Å². The summed E-state index contributed by atoms with van der Waals surface area (Å²) in [5.41, 5.74) is -1.89. The van der Waals surface area contributed by atoms with Gasteiger partial charge in [0, 0.05) is 0 Å². The molecule has 3 aliphatic heterocycles. The Morgan fingerprint density at radius 1 is 0.525 bits per heavy atom. The molecule has 0 aliphatic carbocycles. The van der Waals surface area contributed by atoms with Gasteiger partial charge in [-0.25, -0.2) is 0 Å². The molecular weight excluding hydrogens is 564 g/mol. The molecular formula is C19H44O21. The molecule has 0 bridgehead atoms. The van der Waals surface area contributed by atoms with Gasteiger partial charge in [-0.3, -0.25) is 0 Å². The van der Waals surface area contributed by atoms with E-state index in [1.54, 1.807) is 0 Å². The van der Waals surface area contributed by atoms with Crippen molar-refractivity contribution in [2.75, 3.05) is 33.0 Å². The van der Waals surface area contributed by atoms with Gasteiger partial charge in [-0.15, -0.1) is 0 Å². The summed E-state index contributed by atoms with van der Waals surface area (Å²) in [4.78, 5) is 0. The largest absolute Gasteiger partial charge is 0.412 e. The maximum absolute atomic E-state index is 10.3. The van der Waals surface area contributed by atoms with Crippen LogP contribution in [0, 0.1) is 0 Å². The molecule has 3 rings (SSSR count). The van der Waals surface area contributed by atoms with E-state index in [9.17, 15) is 56.2 Å². The summed E-state index contributed by atoms with van der Waals surface area (Å²) < 4.78 is 26.7. The molecule has 3 aliphatic rings. The maximum Gasteiger partial charge on any atom is 0.186 e. The molecule has 14 atom stereocenters. The molecule has 0 radical (unpaired) electrons. The third-order valence-corrected chi connectivity index (χ3v) is 6.51. The van der Waals surface area contributed by atoms with Gasteiger partial charge in [0.15, 0.2) is 12.6 Å². The monoisotopic (exact) mass is 608 g/mol. The Hall–Kier alpha value is -0.840. The number of aliphatic hydroxyl groups excluding tert-OH is 11. The van der Waals surface area contributed by atoms with Gasteiger partial charge in [0.25, 0.3) is 0 Å². The zero-order valence-electron chi connectivity index (χ0n) is 21.0. The van der Waals surface area contributed by atoms with Gasteiger partial charge in [0.1, 0.15) is 72.7 Å². The lowest BCUT2D eigenvalue weighted by Gasteiger charge is -2.43. The second-order valence-electron chi connectivity index (χ2n) is 8.85. The van der Waals surface area contributed by atoms with E-state index >= 15 is 0 Å². The first-order valence-electron chi connectivity index (χ1n) is 11.0. The zero-order chi connectivity index (χ0) is 26.1. The predicted octanol–water partition coefficient (Wildman–Crippen LogP) is -11.7. The minimum atomic E-state index is -1.89. The second-order valence-corrected chi connectivity index (χ2v) is 8.85. The summed E-state index contributed by atoms with van der Waals surface area (Å²) in [7, 11) is 0. The van der Waals surface area contributed by atoms with Crippen molar-refractivity contribution in [3.8, 4) is 0 Å². The maximum atomic E-state index is 10.3. The van der Waals surface area contributed by atoms with Crippen molar-refractivity contribution >= 4 is 0 Å². The van der Waals surface area contributed by atoms with Gasteiger partial charge < -0.3 is 107 Å². The SMILES string of the molecule is O.O.O.O.O.OC[C@H]1O[C@H](OC[C@H]2O[C@H](OC[C@]3(CO)O[C@H](CO)[C@@H](O)[C@@H]3O)[C@H](O)[C@@H](O)[C@@H]2O)[C@H](O)[C@@H](O)[C@H]1O. The molecule has 0 aromatic rings. The Kier molecular flexibility index (Phi) is 19.6. The van der Waals surface area contributed by atoms with Crippen molar-refractivity contribution in [1.82, 2.24) is 0 Å². The van der Waals surface area contributed by atoms with Crippen LogP contribution in [0.15, 0.2) is 0 Å². The summed E-state index contributed by atoms with van der Waals surface area (Å²) in [6, 6.07) is 0. The van der Waals surface area contributed by atoms with Gasteiger partial charge in [0.2, 0.25) is 0 Å². The lowest BCUT2D eigenvalue weighted by molar-refractivity contribution is -0.336. The molecule has 21 nitrogen and oxygen atoms in total. The van der Waals surface area contributed by atoms with Crippen LogP contribution in [0.3, 0.4) is 0 Å². The van der Waals surface area contributed by atoms with E-state index in [0.717, 1.165) is 0 Å². The highest BCUT2D eigenvalue weighted by molar-refractivity contribution is 5.02. The summed E-state index contributed by atoms with van der Waals surface area (Å²) in [5.74, 6) is 0. The molecule has 0 unspecified atom stereocenters. The van der Waals surface area contributed by atoms with Crippen molar-refractivity contribution in [1.29, 1.82) is 0 Å². The van der Waals surface area contributed by atoms with Crippen LogP contribution < -0.4 is 0 Å². The van der Waals surface area contributed by atoms with Crippen molar-refractivity contribution < 1.29 is 107 Å². The van der Waals surface area contributed by atoms with E-state index in [1.807, 2.05) is 0 Å². The van der Waals surface area contributed by atoms with Crippen LogP contribution in [0.5, 0.6) is 0 Å². The third-order valence-electron chi connectivity index (χ3n) is 6.51. The van der Waals surface area contributed by atoms with E-state index in [-0.39, 0.29) is 27.4 Å². The highest BCUT2D eigenvalue weighted by atomic mass is 16.7. The summed E-state index contributed by atoms with van der Waals surface area (Å²) in [6.45, 7) is -3.45. The van der Waals surface area contributed by atoms with Crippen LogP contribution in [0.1, 0.15) is 0 Å². The smallest absolute Gasteiger partial charge is 0.186 e. The van der Waals surface area contributed by atoms with Crippen molar-refractivity contribution in [2.24, 2.45) is 0 Å². The van der Waals surface area contributed by atoms with Gasteiger partial charge in [-0.2, -0.15) is 0 Å². The van der Waals surface area contributed by atoms with Crippen LogP contribution in [0.2, 0.25) is 0 Å². The van der Waals surface area contributed by atoms with Crippen LogP contribution in [-0.4, -0.2) is 202 Å². The quantitative estimate of drug-likeness (QED) is 0.116. The Labute approximate surface area is 226 Å². The molecule has 3 saturated heterocycles. The Morgan fingerprint density at radius 2 is 0.975 bits per heavy atom. The van der Waals surface area contributed by atoms with Crippen molar-refractivity contribution in [3.63, 3.8) is 0 Å². The first kappa shape index (κ1) is 43.6. The predicted molar refractivity (Wildman–Crippen MR) is 124 cm³/mol. The highest BCUT2D eigenvalue weighted by Gasteiger charge is 2.55. The molecule has 3 heterocycles. The van der Waals surface area contributed by atoms with E-state index < -0.39 is 118 Å². The molecule has 0 aromatic heterocycles. The summed E-state index contributed by atoms with van der Waals surface area (Å²) in [5, 5.41) is 109. The van der Waals surface area contributed by atoms with Crippen LogP contribution >= 0.6 is 0 Å². The zero-order valence-corrected chi connectivity index (χ0v) is 21.0. The van der Waals surface area contributed by atoms with Crippen LogP contribution in [0.4, 0.5) is 0 Å². The van der Waals surface area contributed by atoms with Crippen LogP contribution in [0.25, 0.3) is 0 Å². The van der Waals surface area contributed by atoms with E-state index in [2.05, 4.69) is 0 Å². The molecule has 40 heavy (non-hydrogen) atoms. The number of rotatable bonds is 9. The molecule has 3 fully saturated rings. The standard InChI is InChI=1S/C19H34O16.5H2O/c20-1-6-9(23)12(26)14(28)17(33-6)31-3-8-10(24)13(27)15(29)18(34-8)32-5-19(4-22)16(30)11(25)7(2-21)35-19;;;;;/h6-18,20-30H,1-5H2;5*1H2/t6-,7-,8-,9+,10-,11-,12+,13+,14-,15-,16+,17+,18+,19+;;;;;/m1...../s1. The number of ether oxygens (including phenoxy) is 5. The minimum absolute atomic E-state index is 0. The Balaban J connectivity index is -0.00000274. The summed E-state index contributed by atoms with van der Waals surface area (Å²) >= 11 is 0. The number of hydrogen-bond acceptors (Lipinski definition) is 16. The lowest BCUT2D eigenvalue weighted by atomic mass is 9.95. The van der Waals surface area contributed by atoms with Gasteiger partial charge in [-0.05, 0) is 0 Å². The third kappa shape index (κ3) is 8.38. The fourth-order valence-corrected chi connectivity index (χ4v) is 4.21. The average Bonchev–Trinajstić information content (AvgIpc) is 3.11. The van der Waals surface area contributed by atoms with Crippen LogP contribution in [-0.2, 0) is 23.7 Å². The van der Waals surface area contributed by atoms with E-state index in [1.165, 1.54) is 0 Å². The topological polar surface area (TPSA) is 426 Å². The molecule has 21 heteroatoms. The minimum Gasteiger partial charge on any atom is -0.412 e. The lowest BCUT2D eigenvalue weighted by Crippen LogP contribution is -2.62. The molecule has 246 valence electrons. The van der Waals surface area contributed by atoms with Gasteiger partial charge in [0.05, 0.1) is 33.0 Å².